The molecule has 0 amide bonds. The van der Waals surface area contributed by atoms with Crippen molar-refractivity contribution in [3.05, 3.63) is 0 Å². The summed E-state index contributed by atoms with van der Waals surface area (Å²) in [5.41, 5.74) is 6.28. The maximum absolute atomic E-state index is 8.97. The van der Waals surface area contributed by atoms with Gasteiger partial charge in [0.1, 0.15) is 0 Å². The van der Waals surface area contributed by atoms with Crippen LogP contribution in [-0.4, -0.2) is 95.0 Å². The Balaban J connectivity index is 1.63. The minimum Gasteiger partial charge on any atom is -0.370 e. The highest BCUT2D eigenvalue weighted by Gasteiger charge is 2.40. The summed E-state index contributed by atoms with van der Waals surface area (Å²) in [5, 5.41) is 8.97. The van der Waals surface area contributed by atoms with Gasteiger partial charge in [-0.05, 0) is 44.6 Å². The van der Waals surface area contributed by atoms with Crippen LogP contribution in [-0.2, 0) is 0 Å². The summed E-state index contributed by atoms with van der Waals surface area (Å²) in [6.07, 6.45) is 6.01. The van der Waals surface area contributed by atoms with Crippen LogP contribution in [0.1, 0.15) is 73.6 Å². The normalized spacial score (nSPS) is 28.8. The van der Waals surface area contributed by atoms with Gasteiger partial charge in [-0.25, -0.2) is 0 Å². The van der Waals surface area contributed by atoms with E-state index in [1.807, 2.05) is 0 Å². The lowest BCUT2D eigenvalue weighted by Crippen LogP contribution is -2.52. The number of likely N-dealkylation sites (tertiary alicyclic amines) is 1. The quantitative estimate of drug-likeness (QED) is 0.508. The van der Waals surface area contributed by atoms with Crippen LogP contribution in [0.3, 0.4) is 0 Å². The summed E-state index contributed by atoms with van der Waals surface area (Å²) in [6.45, 7) is 19.8. The molecule has 3 aliphatic rings. The van der Waals surface area contributed by atoms with Crippen molar-refractivity contribution in [3.8, 4) is 0 Å². The van der Waals surface area contributed by atoms with Gasteiger partial charge < -0.3 is 20.4 Å². The molecule has 7 heteroatoms. The van der Waals surface area contributed by atoms with Gasteiger partial charge in [0.2, 0.25) is 0 Å². The number of unbranched alkanes of at least 4 members (excludes halogenated alkanes) is 1. The van der Waals surface area contributed by atoms with E-state index >= 15 is 0 Å². The molecule has 2 saturated heterocycles. The molecule has 0 unspecified atom stereocenters. The second-order valence-corrected chi connectivity index (χ2v) is 10.8. The maximum atomic E-state index is 8.97. The van der Waals surface area contributed by atoms with Gasteiger partial charge in [-0.3, -0.25) is 15.3 Å². The molecule has 0 aromatic heterocycles. The Kier molecular flexibility index (Phi) is 8.70. The van der Waals surface area contributed by atoms with Crippen molar-refractivity contribution in [2.45, 2.75) is 97.8 Å². The van der Waals surface area contributed by atoms with Crippen molar-refractivity contribution in [2.24, 2.45) is 22.6 Å². The highest BCUT2D eigenvalue weighted by atomic mass is 15.5. The first-order valence-electron chi connectivity index (χ1n) is 13.2. The molecule has 32 heavy (non-hydrogen) atoms. The van der Waals surface area contributed by atoms with Crippen molar-refractivity contribution in [2.75, 3.05) is 39.3 Å². The molecule has 5 atom stereocenters. The highest BCUT2D eigenvalue weighted by Crippen LogP contribution is 2.28. The van der Waals surface area contributed by atoms with Crippen LogP contribution < -0.4 is 5.73 Å². The van der Waals surface area contributed by atoms with Crippen LogP contribution in [0, 0.1) is 17.2 Å². The van der Waals surface area contributed by atoms with E-state index in [0.29, 0.717) is 36.0 Å². The van der Waals surface area contributed by atoms with Gasteiger partial charge in [0.05, 0.1) is 18.6 Å². The predicted molar refractivity (Wildman–Crippen MR) is 135 cm³/mol. The van der Waals surface area contributed by atoms with Crippen molar-refractivity contribution in [1.82, 2.24) is 19.6 Å². The largest absolute Gasteiger partial charge is 0.370 e. The minimum absolute atomic E-state index is 0.353. The molecule has 0 aromatic rings. The molecule has 0 aliphatic carbocycles. The number of nitrogens with one attached hydrogen (secondary N) is 1. The summed E-state index contributed by atoms with van der Waals surface area (Å²) in [7, 11) is 0. The Labute approximate surface area is 196 Å². The average molecular weight is 448 g/mol. The molecule has 0 saturated carbocycles. The molecule has 0 spiro atoms. The minimum atomic E-state index is 0.353. The van der Waals surface area contributed by atoms with Crippen molar-refractivity contribution in [1.29, 1.82) is 5.41 Å². The first-order chi connectivity index (χ1) is 15.3. The van der Waals surface area contributed by atoms with E-state index in [1.54, 1.807) is 0 Å². The first-order valence-corrected chi connectivity index (χ1v) is 13.2. The van der Waals surface area contributed by atoms with Crippen LogP contribution in [0.5, 0.6) is 0 Å². The van der Waals surface area contributed by atoms with Crippen LogP contribution in [0.25, 0.3) is 0 Å². The monoisotopic (exact) mass is 447 g/mol. The van der Waals surface area contributed by atoms with Gasteiger partial charge >= 0.3 is 0 Å². The summed E-state index contributed by atoms with van der Waals surface area (Å²) in [5.74, 6) is 2.66. The number of hydrogen-bond donors (Lipinski definition) is 2. The van der Waals surface area contributed by atoms with E-state index in [4.69, 9.17) is 11.1 Å². The molecule has 7 nitrogen and oxygen atoms in total. The number of guanidine groups is 2. The summed E-state index contributed by atoms with van der Waals surface area (Å²) in [4.78, 5) is 14.3. The lowest BCUT2D eigenvalue weighted by Gasteiger charge is -2.37. The lowest BCUT2D eigenvalue weighted by atomic mass is 9.98. The summed E-state index contributed by atoms with van der Waals surface area (Å²) >= 11 is 0. The Hall–Kier alpha value is -1.50. The van der Waals surface area contributed by atoms with E-state index in [2.05, 4.69) is 66.1 Å². The van der Waals surface area contributed by atoms with Crippen molar-refractivity contribution in [3.63, 3.8) is 0 Å². The van der Waals surface area contributed by atoms with Gasteiger partial charge in [0.15, 0.2) is 11.9 Å². The number of nitrogens with zero attached hydrogens (tertiary/aromatic N) is 5. The topological polar surface area (TPSA) is 75.2 Å². The maximum Gasteiger partial charge on any atom is 0.194 e. The Bertz CT molecular complexity index is 648. The summed E-state index contributed by atoms with van der Waals surface area (Å²) in [6, 6.07) is 1.80. The van der Waals surface area contributed by atoms with Crippen molar-refractivity contribution >= 4 is 11.9 Å². The third-order valence-corrected chi connectivity index (χ3v) is 8.22. The van der Waals surface area contributed by atoms with E-state index in [9.17, 15) is 0 Å². The Morgan fingerprint density at radius 1 is 1.12 bits per heavy atom. The molecular weight excluding hydrogens is 398 g/mol. The van der Waals surface area contributed by atoms with E-state index in [-0.39, 0.29) is 0 Å². The molecule has 184 valence electrons. The molecule has 3 aliphatic heterocycles. The van der Waals surface area contributed by atoms with Gasteiger partial charge in [0.25, 0.3) is 0 Å². The number of aliphatic imine (C=N–C) groups is 1. The molecule has 3 N–H and O–H groups in total. The lowest BCUT2D eigenvalue weighted by molar-refractivity contribution is 0.153. The number of rotatable bonds is 11. The first kappa shape index (κ1) is 25.1. The van der Waals surface area contributed by atoms with Gasteiger partial charge in [-0.1, -0.05) is 47.5 Å². The van der Waals surface area contributed by atoms with Crippen LogP contribution in [0.15, 0.2) is 4.99 Å². The van der Waals surface area contributed by atoms with E-state index < -0.39 is 0 Å². The molecule has 2 fully saturated rings. The standard InChI is InChI=1S/C25H49N7/c1-7-9-13-30-23(19(5)8-2)17-31(25(30)27)20(6)15-29-12-10-11-21(29)16-32-22(18(3)4)14-28-24(32)26/h18-23,27H,7-17H2,1-6H3,(H2,26,28)/t19-,20+,21+,22+,23+/m1/s1. The number of hydrogen-bond acceptors (Lipinski definition) is 5. The van der Waals surface area contributed by atoms with Gasteiger partial charge in [-0.15, -0.1) is 0 Å². The molecule has 0 radical (unpaired) electrons. The fourth-order valence-electron chi connectivity index (χ4n) is 5.81. The van der Waals surface area contributed by atoms with Crippen LogP contribution in [0.2, 0.25) is 0 Å². The van der Waals surface area contributed by atoms with E-state index in [1.165, 1.54) is 32.1 Å². The van der Waals surface area contributed by atoms with Crippen LogP contribution >= 0.6 is 0 Å². The molecule has 3 heterocycles. The molecule has 0 aromatic carbocycles. The average Bonchev–Trinajstić information content (AvgIpc) is 3.44. The van der Waals surface area contributed by atoms with E-state index in [0.717, 1.165) is 51.2 Å². The van der Waals surface area contributed by atoms with Gasteiger partial charge in [0, 0.05) is 38.3 Å². The third kappa shape index (κ3) is 5.35. The molecular formula is C25H49N7. The van der Waals surface area contributed by atoms with Gasteiger partial charge in [-0.2, -0.15) is 0 Å². The van der Waals surface area contributed by atoms with Crippen LogP contribution in [0.4, 0.5) is 0 Å². The fraction of sp³-hybridized carbons (Fsp3) is 0.920. The second-order valence-electron chi connectivity index (χ2n) is 10.8. The second kappa shape index (κ2) is 11.1. The smallest absolute Gasteiger partial charge is 0.194 e. The highest BCUT2D eigenvalue weighted by molar-refractivity contribution is 5.80. The zero-order valence-electron chi connectivity index (χ0n) is 21.6. The van der Waals surface area contributed by atoms with Crippen molar-refractivity contribution < 1.29 is 0 Å². The third-order valence-electron chi connectivity index (χ3n) is 8.22. The molecule has 0 bridgehead atoms. The fourth-order valence-corrected chi connectivity index (χ4v) is 5.81. The summed E-state index contributed by atoms with van der Waals surface area (Å²) < 4.78 is 0. The zero-order valence-corrected chi connectivity index (χ0v) is 21.6. The number of nitrogens with two attached hydrogens (primary N) is 1. The molecule has 3 rings (SSSR count). The Morgan fingerprint density at radius 2 is 1.88 bits per heavy atom. The zero-order chi connectivity index (χ0) is 23.4. The Morgan fingerprint density at radius 3 is 2.53 bits per heavy atom. The SMILES string of the molecule is CCCCN1C(=N)N([C@@H](C)CN2CCC[C@H]2CN2C(N)=NC[C@H]2C(C)C)C[C@H]1[C@H](C)CC. The predicted octanol–water partition coefficient (Wildman–Crippen LogP) is 3.26.